The van der Waals surface area contributed by atoms with Crippen molar-refractivity contribution in [3.8, 4) is 5.75 Å². The Balaban J connectivity index is 2.75. The number of methoxy groups -OCH3 is 2. The molecule has 18 heavy (non-hydrogen) atoms. The second-order valence-electron chi connectivity index (χ2n) is 3.83. The Kier molecular flexibility index (Phi) is 5.17. The fourth-order valence-electron chi connectivity index (χ4n) is 1.58. The highest BCUT2D eigenvalue weighted by molar-refractivity contribution is 5.83. The van der Waals surface area contributed by atoms with E-state index < -0.39 is 12.0 Å². The maximum atomic E-state index is 11.5. The van der Waals surface area contributed by atoms with Crippen molar-refractivity contribution in [2.24, 2.45) is 0 Å². The Morgan fingerprint density at radius 2 is 1.83 bits per heavy atom. The highest BCUT2D eigenvalue weighted by atomic mass is 16.5. The van der Waals surface area contributed by atoms with Crippen molar-refractivity contribution in [2.45, 2.75) is 19.4 Å². The lowest BCUT2D eigenvalue weighted by Crippen LogP contribution is -2.41. The molecule has 1 amide bonds. The van der Waals surface area contributed by atoms with E-state index in [0.29, 0.717) is 6.42 Å². The molecule has 0 unspecified atom stereocenters. The summed E-state index contributed by atoms with van der Waals surface area (Å²) in [5.41, 5.74) is 0.917. The molecule has 0 saturated carbocycles. The number of rotatable bonds is 5. The van der Waals surface area contributed by atoms with Crippen LogP contribution in [0.1, 0.15) is 12.5 Å². The molecule has 1 atom stereocenters. The third kappa shape index (κ3) is 4.08. The first-order chi connectivity index (χ1) is 8.56. The Hall–Kier alpha value is -2.04. The van der Waals surface area contributed by atoms with Crippen LogP contribution in [0.2, 0.25) is 0 Å². The van der Waals surface area contributed by atoms with E-state index in [0.717, 1.165) is 11.3 Å². The zero-order chi connectivity index (χ0) is 13.5. The monoisotopic (exact) mass is 251 g/mol. The standard InChI is InChI=1S/C13H17NO4/c1-9(15)14-12(13(16)18-3)8-10-4-6-11(17-2)7-5-10/h4-7,12H,8H2,1-3H3,(H,14,15)/t12-/m0/s1. The summed E-state index contributed by atoms with van der Waals surface area (Å²) in [6, 6.07) is 6.63. The molecule has 0 heterocycles. The molecule has 1 rings (SSSR count). The fourth-order valence-corrected chi connectivity index (χ4v) is 1.58. The molecule has 0 aliphatic rings. The highest BCUT2D eigenvalue weighted by Gasteiger charge is 2.20. The van der Waals surface area contributed by atoms with Crippen LogP contribution in [-0.4, -0.2) is 32.1 Å². The van der Waals surface area contributed by atoms with E-state index in [1.807, 2.05) is 12.1 Å². The largest absolute Gasteiger partial charge is 0.497 e. The average molecular weight is 251 g/mol. The zero-order valence-electron chi connectivity index (χ0n) is 10.7. The first kappa shape index (κ1) is 14.0. The van der Waals surface area contributed by atoms with Crippen LogP contribution < -0.4 is 10.1 Å². The summed E-state index contributed by atoms with van der Waals surface area (Å²) in [4.78, 5) is 22.5. The van der Waals surface area contributed by atoms with Gasteiger partial charge in [-0.15, -0.1) is 0 Å². The van der Waals surface area contributed by atoms with E-state index in [2.05, 4.69) is 10.1 Å². The third-order valence-corrected chi connectivity index (χ3v) is 2.46. The zero-order valence-corrected chi connectivity index (χ0v) is 10.7. The molecule has 0 fully saturated rings. The molecular formula is C13H17NO4. The quantitative estimate of drug-likeness (QED) is 0.790. The van der Waals surface area contributed by atoms with Gasteiger partial charge in [0.2, 0.25) is 5.91 Å². The van der Waals surface area contributed by atoms with Crippen LogP contribution in [0.3, 0.4) is 0 Å². The number of hydrogen-bond acceptors (Lipinski definition) is 4. The SMILES string of the molecule is COC(=O)[C@H](Cc1ccc(OC)cc1)NC(C)=O. The average Bonchev–Trinajstić information content (AvgIpc) is 2.37. The molecule has 0 aromatic heterocycles. The Morgan fingerprint density at radius 3 is 2.28 bits per heavy atom. The minimum Gasteiger partial charge on any atom is -0.497 e. The van der Waals surface area contributed by atoms with Gasteiger partial charge in [0.25, 0.3) is 0 Å². The van der Waals surface area contributed by atoms with Gasteiger partial charge in [-0.25, -0.2) is 4.79 Å². The number of hydrogen-bond donors (Lipinski definition) is 1. The normalized spacial score (nSPS) is 11.5. The van der Waals surface area contributed by atoms with Gasteiger partial charge in [0.1, 0.15) is 11.8 Å². The number of benzene rings is 1. The van der Waals surface area contributed by atoms with Crippen molar-refractivity contribution in [2.75, 3.05) is 14.2 Å². The van der Waals surface area contributed by atoms with Gasteiger partial charge in [-0.05, 0) is 17.7 Å². The van der Waals surface area contributed by atoms with Crippen LogP contribution in [-0.2, 0) is 20.7 Å². The molecule has 0 aliphatic carbocycles. The summed E-state index contributed by atoms with van der Waals surface area (Å²) in [6.07, 6.45) is 0.385. The molecular weight excluding hydrogens is 234 g/mol. The Bertz CT molecular complexity index is 414. The van der Waals surface area contributed by atoms with Crippen molar-refractivity contribution in [1.82, 2.24) is 5.32 Å². The molecule has 98 valence electrons. The number of nitrogens with one attached hydrogen (secondary N) is 1. The summed E-state index contributed by atoms with van der Waals surface area (Å²) < 4.78 is 9.70. The van der Waals surface area contributed by atoms with E-state index in [4.69, 9.17) is 4.74 Å². The number of ether oxygens (including phenoxy) is 2. The summed E-state index contributed by atoms with van der Waals surface area (Å²) in [6.45, 7) is 1.37. The molecule has 0 aliphatic heterocycles. The van der Waals surface area contributed by atoms with Crippen LogP contribution in [0.15, 0.2) is 24.3 Å². The van der Waals surface area contributed by atoms with E-state index >= 15 is 0 Å². The fraction of sp³-hybridized carbons (Fsp3) is 0.385. The lowest BCUT2D eigenvalue weighted by Gasteiger charge is -2.15. The van der Waals surface area contributed by atoms with Gasteiger partial charge >= 0.3 is 5.97 Å². The number of carbonyl (C=O) groups is 2. The van der Waals surface area contributed by atoms with E-state index in [1.54, 1.807) is 19.2 Å². The number of amides is 1. The first-order valence-electron chi connectivity index (χ1n) is 5.54. The molecule has 0 saturated heterocycles. The maximum Gasteiger partial charge on any atom is 0.328 e. The van der Waals surface area contributed by atoms with Crippen molar-refractivity contribution in [1.29, 1.82) is 0 Å². The second kappa shape index (κ2) is 6.64. The second-order valence-corrected chi connectivity index (χ2v) is 3.83. The summed E-state index contributed by atoms with van der Waals surface area (Å²) in [5.74, 6) is 0.0211. The van der Waals surface area contributed by atoms with Gasteiger partial charge < -0.3 is 14.8 Å². The van der Waals surface area contributed by atoms with Gasteiger partial charge in [-0.1, -0.05) is 12.1 Å². The summed E-state index contributed by atoms with van der Waals surface area (Å²) in [7, 11) is 2.88. The van der Waals surface area contributed by atoms with Crippen molar-refractivity contribution < 1.29 is 19.1 Å². The van der Waals surface area contributed by atoms with Crippen LogP contribution in [0.5, 0.6) is 5.75 Å². The molecule has 0 bridgehead atoms. The van der Waals surface area contributed by atoms with E-state index in [1.165, 1.54) is 14.0 Å². The summed E-state index contributed by atoms with van der Waals surface area (Å²) >= 11 is 0. The van der Waals surface area contributed by atoms with Crippen LogP contribution in [0, 0.1) is 0 Å². The molecule has 1 aromatic rings. The van der Waals surface area contributed by atoms with Crippen molar-refractivity contribution >= 4 is 11.9 Å². The third-order valence-electron chi connectivity index (χ3n) is 2.46. The molecule has 1 aromatic carbocycles. The van der Waals surface area contributed by atoms with Gasteiger partial charge in [-0.3, -0.25) is 4.79 Å². The number of esters is 1. The molecule has 1 N–H and O–H groups in total. The van der Waals surface area contributed by atoms with E-state index in [9.17, 15) is 9.59 Å². The van der Waals surface area contributed by atoms with Gasteiger partial charge in [0.15, 0.2) is 0 Å². The molecule has 5 nitrogen and oxygen atoms in total. The van der Waals surface area contributed by atoms with Crippen LogP contribution >= 0.6 is 0 Å². The lowest BCUT2D eigenvalue weighted by atomic mass is 10.1. The Labute approximate surface area is 106 Å². The van der Waals surface area contributed by atoms with Crippen LogP contribution in [0.4, 0.5) is 0 Å². The Morgan fingerprint density at radius 1 is 1.22 bits per heavy atom. The van der Waals surface area contributed by atoms with Crippen LogP contribution in [0.25, 0.3) is 0 Å². The first-order valence-corrected chi connectivity index (χ1v) is 5.54. The molecule has 0 spiro atoms. The van der Waals surface area contributed by atoms with E-state index in [-0.39, 0.29) is 5.91 Å². The van der Waals surface area contributed by atoms with Crippen molar-refractivity contribution in [3.63, 3.8) is 0 Å². The predicted octanol–water partition coefficient (Wildman–Crippen LogP) is 0.915. The topological polar surface area (TPSA) is 64.6 Å². The predicted molar refractivity (Wildman–Crippen MR) is 66.3 cm³/mol. The maximum absolute atomic E-state index is 11.5. The summed E-state index contributed by atoms with van der Waals surface area (Å²) in [5, 5.41) is 2.56. The number of carbonyl (C=O) groups excluding carboxylic acids is 2. The smallest absolute Gasteiger partial charge is 0.328 e. The molecule has 0 radical (unpaired) electrons. The van der Waals surface area contributed by atoms with Gasteiger partial charge in [0.05, 0.1) is 14.2 Å². The van der Waals surface area contributed by atoms with Gasteiger partial charge in [-0.2, -0.15) is 0 Å². The molecule has 5 heteroatoms. The van der Waals surface area contributed by atoms with Crippen molar-refractivity contribution in [3.05, 3.63) is 29.8 Å². The highest BCUT2D eigenvalue weighted by Crippen LogP contribution is 2.13. The minimum atomic E-state index is -0.666. The minimum absolute atomic E-state index is 0.265. The lowest BCUT2D eigenvalue weighted by molar-refractivity contribution is -0.144. The van der Waals surface area contributed by atoms with Gasteiger partial charge in [0, 0.05) is 13.3 Å².